The van der Waals surface area contributed by atoms with E-state index in [0.717, 1.165) is 0 Å². The molecule has 1 fully saturated rings. The molecule has 1 aliphatic heterocycles. The Morgan fingerprint density at radius 3 is 2.43 bits per heavy atom. The Balaban J connectivity index is 2.92. The van der Waals surface area contributed by atoms with Crippen LogP contribution in [0.15, 0.2) is 0 Å². The van der Waals surface area contributed by atoms with Crippen LogP contribution in [0.2, 0.25) is 0 Å². The first-order valence-corrected chi connectivity index (χ1v) is 7.26. The number of piperazine rings is 1. The smallest absolute Gasteiger partial charge is 0.411 e. The second-order valence-corrected chi connectivity index (χ2v) is 6.62. The van der Waals surface area contributed by atoms with Crippen molar-refractivity contribution in [2.45, 2.75) is 65.0 Å². The Kier molecular flexibility index (Phi) is 5.58. The van der Waals surface area contributed by atoms with Gasteiger partial charge in [-0.25, -0.2) is 4.79 Å². The highest BCUT2D eigenvalue weighted by Gasteiger charge is 2.40. The number of aliphatic hydroxyl groups is 1. The van der Waals surface area contributed by atoms with Crippen LogP contribution >= 0.6 is 0 Å². The molecule has 122 valence electrons. The lowest BCUT2D eigenvalue weighted by Crippen LogP contribution is -2.61. The second-order valence-electron chi connectivity index (χ2n) is 6.62. The van der Waals surface area contributed by atoms with Crippen LogP contribution < -0.4 is 5.73 Å². The Morgan fingerprint density at radius 2 is 2.00 bits per heavy atom. The number of carbonyl (C=O) groups is 2. The van der Waals surface area contributed by atoms with Gasteiger partial charge >= 0.3 is 6.09 Å². The van der Waals surface area contributed by atoms with Crippen molar-refractivity contribution in [1.82, 2.24) is 9.80 Å². The molecule has 0 radical (unpaired) electrons. The molecule has 2 amide bonds. The van der Waals surface area contributed by atoms with E-state index in [1.165, 1.54) is 4.90 Å². The zero-order valence-electron chi connectivity index (χ0n) is 13.5. The van der Waals surface area contributed by atoms with E-state index in [1.807, 2.05) is 13.8 Å². The first-order chi connectivity index (χ1) is 9.53. The van der Waals surface area contributed by atoms with Crippen LogP contribution in [0.4, 0.5) is 4.79 Å². The minimum Gasteiger partial charge on any atom is -0.444 e. The van der Waals surface area contributed by atoms with Gasteiger partial charge in [0.15, 0.2) is 0 Å². The lowest BCUT2D eigenvalue weighted by atomic mass is 10.1. The second kappa shape index (κ2) is 6.62. The molecule has 0 aromatic heterocycles. The van der Waals surface area contributed by atoms with E-state index >= 15 is 0 Å². The van der Waals surface area contributed by atoms with Crippen molar-refractivity contribution in [3.05, 3.63) is 0 Å². The fraction of sp³-hybridized carbons (Fsp3) is 0.857. The van der Waals surface area contributed by atoms with E-state index in [4.69, 9.17) is 10.5 Å². The molecule has 0 bridgehead atoms. The van der Waals surface area contributed by atoms with Crippen LogP contribution in [0.25, 0.3) is 0 Å². The van der Waals surface area contributed by atoms with Crippen molar-refractivity contribution < 1.29 is 19.4 Å². The van der Waals surface area contributed by atoms with Gasteiger partial charge < -0.3 is 20.5 Å². The summed E-state index contributed by atoms with van der Waals surface area (Å²) in [5.74, 6) is -0.202. The number of ether oxygens (including phenoxy) is 1. The Bertz CT molecular complexity index is 390. The van der Waals surface area contributed by atoms with E-state index in [9.17, 15) is 14.7 Å². The van der Waals surface area contributed by atoms with Crippen molar-refractivity contribution in [2.75, 3.05) is 13.1 Å². The van der Waals surface area contributed by atoms with Crippen LogP contribution in [-0.4, -0.2) is 63.9 Å². The lowest BCUT2D eigenvalue weighted by molar-refractivity contribution is -0.144. The summed E-state index contributed by atoms with van der Waals surface area (Å²) in [4.78, 5) is 27.8. The van der Waals surface area contributed by atoms with Crippen molar-refractivity contribution >= 4 is 12.0 Å². The minimum absolute atomic E-state index is 0.00129. The molecule has 2 atom stereocenters. The molecule has 1 rings (SSSR count). The zero-order chi connectivity index (χ0) is 16.4. The highest BCUT2D eigenvalue weighted by atomic mass is 16.6. The Morgan fingerprint density at radius 1 is 1.43 bits per heavy atom. The molecule has 1 heterocycles. The first kappa shape index (κ1) is 17.7. The SMILES string of the molecule is CC(C)N1CCN(C(=O)OC(C)(C)C)C(CC(N)O)C1=O. The summed E-state index contributed by atoms with van der Waals surface area (Å²) in [6, 6.07) is -0.744. The molecule has 0 spiro atoms. The highest BCUT2D eigenvalue weighted by Crippen LogP contribution is 2.20. The number of rotatable bonds is 3. The fourth-order valence-corrected chi connectivity index (χ4v) is 2.31. The topological polar surface area (TPSA) is 96.1 Å². The quantitative estimate of drug-likeness (QED) is 0.740. The summed E-state index contributed by atoms with van der Waals surface area (Å²) in [7, 11) is 0. The number of amides is 2. The Hall–Kier alpha value is -1.34. The molecular formula is C14H27N3O4. The van der Waals surface area contributed by atoms with Crippen molar-refractivity contribution in [3.8, 4) is 0 Å². The summed E-state index contributed by atoms with van der Waals surface area (Å²) in [5.41, 5.74) is 4.76. The van der Waals surface area contributed by atoms with Crippen molar-refractivity contribution in [2.24, 2.45) is 5.73 Å². The minimum atomic E-state index is -1.16. The van der Waals surface area contributed by atoms with Crippen LogP contribution in [0.3, 0.4) is 0 Å². The predicted molar refractivity (Wildman–Crippen MR) is 78.4 cm³/mol. The molecular weight excluding hydrogens is 274 g/mol. The van der Waals surface area contributed by atoms with Gasteiger partial charge in [0.1, 0.15) is 17.9 Å². The third-order valence-corrected chi connectivity index (χ3v) is 3.24. The fourth-order valence-electron chi connectivity index (χ4n) is 2.31. The number of nitrogens with two attached hydrogens (primary N) is 1. The zero-order valence-corrected chi connectivity index (χ0v) is 13.5. The molecule has 0 saturated carbocycles. The summed E-state index contributed by atoms with van der Waals surface area (Å²) in [6.45, 7) is 9.95. The van der Waals surface area contributed by atoms with Gasteiger partial charge in [-0.15, -0.1) is 0 Å². The highest BCUT2D eigenvalue weighted by molar-refractivity contribution is 5.87. The third kappa shape index (κ3) is 4.86. The van der Waals surface area contributed by atoms with E-state index in [-0.39, 0.29) is 18.4 Å². The molecule has 0 aliphatic carbocycles. The van der Waals surface area contributed by atoms with Gasteiger partial charge in [0.2, 0.25) is 5.91 Å². The van der Waals surface area contributed by atoms with E-state index in [2.05, 4.69) is 0 Å². The maximum atomic E-state index is 12.5. The lowest BCUT2D eigenvalue weighted by Gasteiger charge is -2.42. The largest absolute Gasteiger partial charge is 0.444 e. The van der Waals surface area contributed by atoms with E-state index < -0.39 is 24.0 Å². The van der Waals surface area contributed by atoms with Gasteiger partial charge in [-0.05, 0) is 34.6 Å². The normalized spacial score (nSPS) is 21.7. The Labute approximate surface area is 126 Å². The number of aliphatic hydroxyl groups excluding tert-OH is 1. The van der Waals surface area contributed by atoms with Gasteiger partial charge in [0, 0.05) is 25.6 Å². The standard InChI is InChI=1S/C14H27N3O4/c1-9(2)16-6-7-17(13(20)21-14(3,4)5)10(12(16)19)8-11(15)18/h9-11,18H,6-8,15H2,1-5H3. The summed E-state index contributed by atoms with van der Waals surface area (Å²) in [5, 5.41) is 9.41. The van der Waals surface area contributed by atoms with Crippen LogP contribution in [0, 0.1) is 0 Å². The molecule has 0 aromatic carbocycles. The number of hydrogen-bond donors (Lipinski definition) is 2. The number of carbonyl (C=O) groups excluding carboxylic acids is 2. The van der Waals surface area contributed by atoms with Gasteiger partial charge in [-0.3, -0.25) is 9.69 Å². The third-order valence-electron chi connectivity index (χ3n) is 3.24. The van der Waals surface area contributed by atoms with Crippen LogP contribution in [-0.2, 0) is 9.53 Å². The molecule has 2 unspecified atom stereocenters. The van der Waals surface area contributed by atoms with Gasteiger partial charge in [-0.2, -0.15) is 0 Å². The van der Waals surface area contributed by atoms with Crippen LogP contribution in [0.1, 0.15) is 41.0 Å². The average Bonchev–Trinajstić information content (AvgIpc) is 2.28. The molecule has 7 nitrogen and oxygen atoms in total. The van der Waals surface area contributed by atoms with E-state index in [1.54, 1.807) is 25.7 Å². The summed E-state index contributed by atoms with van der Waals surface area (Å²) in [6.07, 6.45) is -1.71. The van der Waals surface area contributed by atoms with Crippen molar-refractivity contribution in [1.29, 1.82) is 0 Å². The van der Waals surface area contributed by atoms with Gasteiger partial charge in [0.05, 0.1) is 0 Å². The van der Waals surface area contributed by atoms with Crippen molar-refractivity contribution in [3.63, 3.8) is 0 Å². The summed E-state index contributed by atoms with van der Waals surface area (Å²) >= 11 is 0. The molecule has 21 heavy (non-hydrogen) atoms. The maximum Gasteiger partial charge on any atom is 0.411 e. The predicted octanol–water partition coefficient (Wildman–Crippen LogP) is 0.510. The number of nitrogens with zero attached hydrogens (tertiary/aromatic N) is 2. The molecule has 7 heteroatoms. The maximum absolute atomic E-state index is 12.5. The van der Waals surface area contributed by atoms with Gasteiger partial charge in [0.25, 0.3) is 0 Å². The molecule has 0 aromatic rings. The van der Waals surface area contributed by atoms with Gasteiger partial charge in [-0.1, -0.05) is 0 Å². The average molecular weight is 301 g/mol. The van der Waals surface area contributed by atoms with Crippen LogP contribution in [0.5, 0.6) is 0 Å². The number of hydrogen-bond acceptors (Lipinski definition) is 5. The molecule has 1 aliphatic rings. The van der Waals surface area contributed by atoms with E-state index in [0.29, 0.717) is 13.1 Å². The molecule has 1 saturated heterocycles. The summed E-state index contributed by atoms with van der Waals surface area (Å²) < 4.78 is 5.33. The molecule has 3 N–H and O–H groups in total. The monoisotopic (exact) mass is 301 g/mol. The first-order valence-electron chi connectivity index (χ1n) is 7.26.